The SMILES string of the molecule is Cl.Cl.Cl.NCCCNCCCCNCCCN1C(=O)c2cccc3cc([N+](=O)[O-])cc(c23)C1=O. The Kier molecular flexibility index (Phi) is 14.9. The number of carbonyl (C=O) groups is 2. The summed E-state index contributed by atoms with van der Waals surface area (Å²) in [5.74, 6) is -0.818. The first-order chi connectivity index (χ1) is 15.0. The number of amides is 2. The molecule has 0 radical (unpaired) electrons. The number of nitrogens with zero attached hydrogens (tertiary/aromatic N) is 2. The highest BCUT2D eigenvalue weighted by Crippen LogP contribution is 2.33. The zero-order valence-electron chi connectivity index (χ0n) is 18.8. The van der Waals surface area contributed by atoms with Gasteiger partial charge in [0, 0.05) is 29.6 Å². The van der Waals surface area contributed by atoms with Gasteiger partial charge in [-0.3, -0.25) is 24.6 Å². The van der Waals surface area contributed by atoms with Crippen molar-refractivity contribution in [3.05, 3.63) is 51.6 Å². The van der Waals surface area contributed by atoms with E-state index in [2.05, 4.69) is 10.6 Å². The van der Waals surface area contributed by atoms with Crippen LogP contribution in [-0.2, 0) is 0 Å². The van der Waals surface area contributed by atoms with Gasteiger partial charge in [0.25, 0.3) is 17.5 Å². The van der Waals surface area contributed by atoms with Crippen LogP contribution in [0, 0.1) is 10.1 Å². The molecule has 2 aromatic carbocycles. The van der Waals surface area contributed by atoms with Gasteiger partial charge in [0.2, 0.25) is 0 Å². The molecule has 4 N–H and O–H groups in total. The fourth-order valence-electron chi connectivity index (χ4n) is 3.79. The monoisotopic (exact) mass is 535 g/mol. The number of rotatable bonds is 13. The molecule has 190 valence electrons. The van der Waals surface area contributed by atoms with E-state index < -0.39 is 10.8 Å². The van der Waals surface area contributed by atoms with E-state index in [4.69, 9.17) is 5.73 Å². The normalized spacial score (nSPS) is 12.1. The molecule has 9 nitrogen and oxygen atoms in total. The van der Waals surface area contributed by atoms with Crippen molar-refractivity contribution in [3.8, 4) is 0 Å². The molecule has 0 bridgehead atoms. The summed E-state index contributed by atoms with van der Waals surface area (Å²) in [5, 5.41) is 18.9. The van der Waals surface area contributed by atoms with Crippen molar-refractivity contribution < 1.29 is 14.5 Å². The van der Waals surface area contributed by atoms with Gasteiger partial charge in [-0.1, -0.05) is 12.1 Å². The number of hydrogen-bond donors (Lipinski definition) is 3. The molecular weight excluding hydrogens is 505 g/mol. The molecule has 1 aliphatic heterocycles. The highest BCUT2D eigenvalue weighted by Gasteiger charge is 2.33. The number of nitrogens with two attached hydrogens (primary N) is 1. The molecule has 0 aromatic heterocycles. The van der Waals surface area contributed by atoms with E-state index in [-0.39, 0.29) is 60.9 Å². The van der Waals surface area contributed by atoms with Gasteiger partial charge in [0.15, 0.2) is 0 Å². The lowest BCUT2D eigenvalue weighted by atomic mass is 9.93. The number of imide groups is 1. The Labute approximate surface area is 217 Å². The predicted octanol–water partition coefficient (Wildman–Crippen LogP) is 3.31. The topological polar surface area (TPSA) is 131 Å². The Morgan fingerprint density at radius 2 is 1.44 bits per heavy atom. The maximum absolute atomic E-state index is 12.9. The highest BCUT2D eigenvalue weighted by atomic mass is 35.5. The van der Waals surface area contributed by atoms with Gasteiger partial charge in [0.05, 0.1) is 10.5 Å². The van der Waals surface area contributed by atoms with E-state index in [9.17, 15) is 19.7 Å². The van der Waals surface area contributed by atoms with Gasteiger partial charge < -0.3 is 16.4 Å². The van der Waals surface area contributed by atoms with Gasteiger partial charge in [-0.25, -0.2) is 0 Å². The largest absolute Gasteiger partial charge is 0.330 e. The van der Waals surface area contributed by atoms with E-state index in [1.54, 1.807) is 18.2 Å². The number of nitro groups is 1. The number of halogens is 3. The standard InChI is InChI=1S/C22H29N5O4.3ClH/c23-8-4-11-24-9-1-2-10-25-12-5-13-26-21(28)18-7-3-6-16-14-17(27(30)31)15-19(20(16)18)22(26)29;;;/h3,6-7,14-15,24-25H,1-2,4-5,8-13,23H2;3*1H. The van der Waals surface area contributed by atoms with Crippen molar-refractivity contribution in [2.45, 2.75) is 25.7 Å². The van der Waals surface area contributed by atoms with Crippen molar-refractivity contribution in [2.24, 2.45) is 5.73 Å². The van der Waals surface area contributed by atoms with E-state index in [1.807, 2.05) is 0 Å². The van der Waals surface area contributed by atoms with Gasteiger partial charge >= 0.3 is 0 Å². The summed E-state index contributed by atoms with van der Waals surface area (Å²) in [6.45, 7) is 4.44. The lowest BCUT2D eigenvalue weighted by molar-refractivity contribution is -0.384. The Bertz CT molecular complexity index is 977. The number of unbranched alkanes of at least 4 members (excludes halogenated alkanes) is 1. The van der Waals surface area contributed by atoms with Crippen LogP contribution in [0.4, 0.5) is 5.69 Å². The molecule has 3 rings (SSSR count). The third-order valence-corrected chi connectivity index (χ3v) is 5.37. The number of carbonyl (C=O) groups excluding carboxylic acids is 2. The molecule has 2 aromatic rings. The average molecular weight is 537 g/mol. The van der Waals surface area contributed by atoms with Gasteiger partial charge in [0.1, 0.15) is 0 Å². The minimum atomic E-state index is -0.520. The Morgan fingerprint density at radius 1 is 0.853 bits per heavy atom. The van der Waals surface area contributed by atoms with Gasteiger partial charge in [-0.05, 0) is 69.9 Å². The smallest absolute Gasteiger partial charge is 0.270 e. The quantitative estimate of drug-likeness (QED) is 0.155. The summed E-state index contributed by atoms with van der Waals surface area (Å²) in [4.78, 5) is 37.8. The predicted molar refractivity (Wildman–Crippen MR) is 141 cm³/mol. The summed E-state index contributed by atoms with van der Waals surface area (Å²) < 4.78 is 0. The third-order valence-electron chi connectivity index (χ3n) is 5.37. The zero-order chi connectivity index (χ0) is 22.2. The van der Waals surface area contributed by atoms with Crippen molar-refractivity contribution in [2.75, 3.05) is 39.3 Å². The average Bonchev–Trinajstić information content (AvgIpc) is 2.77. The van der Waals surface area contributed by atoms with Crippen molar-refractivity contribution >= 4 is 65.5 Å². The highest BCUT2D eigenvalue weighted by molar-refractivity contribution is 6.25. The van der Waals surface area contributed by atoms with E-state index in [1.165, 1.54) is 17.0 Å². The van der Waals surface area contributed by atoms with Crippen LogP contribution in [0.1, 0.15) is 46.4 Å². The minimum Gasteiger partial charge on any atom is -0.330 e. The minimum absolute atomic E-state index is 0. The Balaban J connectivity index is 0.00000363. The second-order valence-corrected chi connectivity index (χ2v) is 7.62. The fourth-order valence-corrected chi connectivity index (χ4v) is 3.79. The van der Waals surface area contributed by atoms with Crippen LogP contribution in [0.2, 0.25) is 0 Å². The van der Waals surface area contributed by atoms with Crippen LogP contribution < -0.4 is 16.4 Å². The molecule has 0 aliphatic carbocycles. The van der Waals surface area contributed by atoms with E-state index in [0.29, 0.717) is 35.8 Å². The van der Waals surface area contributed by atoms with Gasteiger partial charge in [-0.2, -0.15) is 0 Å². The molecule has 0 fully saturated rings. The first kappa shape index (κ1) is 32.0. The maximum Gasteiger partial charge on any atom is 0.270 e. The maximum atomic E-state index is 12.9. The van der Waals surface area contributed by atoms with Crippen LogP contribution in [0.25, 0.3) is 10.8 Å². The van der Waals surface area contributed by atoms with Crippen LogP contribution in [0.5, 0.6) is 0 Å². The van der Waals surface area contributed by atoms with E-state index >= 15 is 0 Å². The fraction of sp³-hybridized carbons (Fsp3) is 0.455. The van der Waals surface area contributed by atoms with Gasteiger partial charge in [-0.15, -0.1) is 37.2 Å². The molecule has 0 saturated carbocycles. The summed E-state index contributed by atoms with van der Waals surface area (Å²) >= 11 is 0. The molecular formula is C22H32Cl3N5O4. The molecule has 1 heterocycles. The number of nitrogens with one attached hydrogen (secondary N) is 2. The molecule has 2 amide bonds. The molecule has 0 unspecified atom stereocenters. The first-order valence-electron chi connectivity index (χ1n) is 10.7. The van der Waals surface area contributed by atoms with Crippen molar-refractivity contribution in [1.82, 2.24) is 15.5 Å². The molecule has 1 aliphatic rings. The van der Waals surface area contributed by atoms with Crippen LogP contribution in [-0.4, -0.2) is 60.9 Å². The first-order valence-corrected chi connectivity index (χ1v) is 10.7. The summed E-state index contributed by atoms with van der Waals surface area (Å²) in [6, 6.07) is 7.70. The lowest BCUT2D eigenvalue weighted by Crippen LogP contribution is -2.41. The van der Waals surface area contributed by atoms with Crippen LogP contribution in [0.15, 0.2) is 30.3 Å². The van der Waals surface area contributed by atoms with Crippen LogP contribution >= 0.6 is 37.2 Å². The molecule has 34 heavy (non-hydrogen) atoms. The zero-order valence-corrected chi connectivity index (χ0v) is 21.2. The number of benzene rings is 2. The summed E-state index contributed by atoms with van der Waals surface area (Å²) in [7, 11) is 0. The second-order valence-electron chi connectivity index (χ2n) is 7.62. The Hall–Kier alpha value is -2.01. The van der Waals surface area contributed by atoms with Crippen LogP contribution in [0.3, 0.4) is 0 Å². The Morgan fingerprint density at radius 3 is 2.06 bits per heavy atom. The third kappa shape index (κ3) is 7.76. The summed E-state index contributed by atoms with van der Waals surface area (Å²) in [6.07, 6.45) is 3.71. The lowest BCUT2D eigenvalue weighted by Gasteiger charge is -2.27. The molecule has 12 heteroatoms. The number of nitro benzene ring substituents is 1. The molecule has 0 spiro atoms. The molecule has 0 atom stereocenters. The van der Waals surface area contributed by atoms with Crippen molar-refractivity contribution in [1.29, 1.82) is 0 Å². The number of hydrogen-bond acceptors (Lipinski definition) is 7. The number of non-ortho nitro benzene ring substituents is 1. The van der Waals surface area contributed by atoms with E-state index in [0.717, 1.165) is 38.9 Å². The van der Waals surface area contributed by atoms with Crippen molar-refractivity contribution in [3.63, 3.8) is 0 Å². The molecule has 0 saturated heterocycles. The summed E-state index contributed by atoms with van der Waals surface area (Å²) in [5.41, 5.74) is 5.93. The second kappa shape index (κ2) is 15.8.